The number of benzene rings is 1. The topological polar surface area (TPSA) is 52.9 Å². The standard InChI is InChI=1S/C19H20FN5O/c20-15-4-6-16(7-5-15)22-19(26)24-11-9-23(10-12-24)13-17-14-25-8-2-1-3-18(25)21-17/h1-8,14H,9-13H2,(H,22,26). The summed E-state index contributed by atoms with van der Waals surface area (Å²) < 4.78 is 14.9. The van der Waals surface area contributed by atoms with Gasteiger partial charge in [-0.25, -0.2) is 14.2 Å². The third-order valence-corrected chi connectivity index (χ3v) is 4.55. The Labute approximate surface area is 150 Å². The molecule has 0 radical (unpaired) electrons. The van der Waals surface area contributed by atoms with Crippen LogP contribution in [0.3, 0.4) is 0 Å². The Hall–Kier alpha value is -2.93. The largest absolute Gasteiger partial charge is 0.322 e. The minimum atomic E-state index is -0.316. The zero-order valence-electron chi connectivity index (χ0n) is 14.3. The number of nitrogens with one attached hydrogen (secondary N) is 1. The second kappa shape index (κ2) is 7.13. The average Bonchev–Trinajstić information content (AvgIpc) is 3.06. The van der Waals surface area contributed by atoms with Gasteiger partial charge < -0.3 is 14.6 Å². The van der Waals surface area contributed by atoms with Gasteiger partial charge in [-0.05, 0) is 36.4 Å². The van der Waals surface area contributed by atoms with Gasteiger partial charge in [0.1, 0.15) is 11.5 Å². The fourth-order valence-electron chi connectivity index (χ4n) is 3.14. The lowest BCUT2D eigenvalue weighted by Gasteiger charge is -2.34. The first-order valence-electron chi connectivity index (χ1n) is 8.64. The number of carbonyl (C=O) groups is 1. The van der Waals surface area contributed by atoms with Gasteiger partial charge in [0.25, 0.3) is 0 Å². The second-order valence-electron chi connectivity index (χ2n) is 6.40. The molecule has 0 atom stereocenters. The van der Waals surface area contributed by atoms with E-state index in [-0.39, 0.29) is 11.8 Å². The molecule has 134 valence electrons. The molecule has 4 rings (SSSR count). The van der Waals surface area contributed by atoms with Crippen molar-refractivity contribution in [2.75, 3.05) is 31.5 Å². The predicted octanol–water partition coefficient (Wildman–Crippen LogP) is 2.82. The van der Waals surface area contributed by atoms with E-state index in [1.807, 2.05) is 35.0 Å². The highest BCUT2D eigenvalue weighted by Crippen LogP contribution is 2.13. The van der Waals surface area contributed by atoms with E-state index in [1.54, 1.807) is 17.0 Å². The molecule has 26 heavy (non-hydrogen) atoms. The fourth-order valence-corrected chi connectivity index (χ4v) is 3.14. The van der Waals surface area contributed by atoms with E-state index in [0.29, 0.717) is 18.8 Å². The van der Waals surface area contributed by atoms with Crippen LogP contribution in [0.5, 0.6) is 0 Å². The first-order chi connectivity index (χ1) is 12.7. The molecular weight excluding hydrogens is 333 g/mol. The molecule has 0 spiro atoms. The third kappa shape index (κ3) is 3.67. The number of carbonyl (C=O) groups excluding carboxylic acids is 1. The van der Waals surface area contributed by atoms with E-state index in [9.17, 15) is 9.18 Å². The average molecular weight is 353 g/mol. The summed E-state index contributed by atoms with van der Waals surface area (Å²) in [6.45, 7) is 3.67. The first kappa shape index (κ1) is 16.5. The van der Waals surface area contributed by atoms with E-state index in [1.165, 1.54) is 12.1 Å². The number of imidazole rings is 1. The lowest BCUT2D eigenvalue weighted by molar-refractivity contribution is 0.142. The number of rotatable bonds is 3. The number of fused-ring (bicyclic) bond motifs is 1. The Bertz CT molecular complexity index is 867. The van der Waals surface area contributed by atoms with Crippen molar-refractivity contribution < 1.29 is 9.18 Å². The van der Waals surface area contributed by atoms with Crippen molar-refractivity contribution in [1.29, 1.82) is 0 Å². The Kier molecular flexibility index (Phi) is 4.53. The number of halogens is 1. The van der Waals surface area contributed by atoms with E-state index < -0.39 is 0 Å². The van der Waals surface area contributed by atoms with Gasteiger partial charge in [-0.1, -0.05) is 6.07 Å². The van der Waals surface area contributed by atoms with Crippen molar-refractivity contribution in [1.82, 2.24) is 19.2 Å². The smallest absolute Gasteiger partial charge is 0.321 e. The van der Waals surface area contributed by atoms with Crippen LogP contribution in [0.15, 0.2) is 54.9 Å². The molecule has 6 nitrogen and oxygen atoms in total. The van der Waals surface area contributed by atoms with Crippen LogP contribution in [0, 0.1) is 5.82 Å². The number of piperazine rings is 1. The number of pyridine rings is 1. The van der Waals surface area contributed by atoms with Crippen LogP contribution < -0.4 is 5.32 Å². The summed E-state index contributed by atoms with van der Waals surface area (Å²) >= 11 is 0. The molecule has 1 saturated heterocycles. The Balaban J connectivity index is 1.30. The maximum Gasteiger partial charge on any atom is 0.321 e. The molecule has 2 amide bonds. The monoisotopic (exact) mass is 353 g/mol. The van der Waals surface area contributed by atoms with Crippen LogP contribution in [-0.4, -0.2) is 51.4 Å². The van der Waals surface area contributed by atoms with E-state index in [4.69, 9.17) is 0 Å². The maximum absolute atomic E-state index is 12.9. The number of amides is 2. The highest BCUT2D eigenvalue weighted by atomic mass is 19.1. The Morgan fingerprint density at radius 1 is 1.08 bits per heavy atom. The molecule has 3 aromatic rings. The van der Waals surface area contributed by atoms with Crippen LogP contribution in [0.25, 0.3) is 5.65 Å². The Morgan fingerprint density at radius 3 is 2.58 bits per heavy atom. The first-order valence-corrected chi connectivity index (χ1v) is 8.64. The summed E-state index contributed by atoms with van der Waals surface area (Å²) in [5.41, 5.74) is 2.57. The Morgan fingerprint density at radius 2 is 1.85 bits per heavy atom. The molecule has 2 aromatic heterocycles. The third-order valence-electron chi connectivity index (χ3n) is 4.55. The summed E-state index contributed by atoms with van der Waals surface area (Å²) in [6.07, 6.45) is 4.03. The van der Waals surface area contributed by atoms with Gasteiger partial charge in [0.05, 0.1) is 5.69 Å². The summed E-state index contributed by atoms with van der Waals surface area (Å²) in [5, 5.41) is 2.81. The summed E-state index contributed by atoms with van der Waals surface area (Å²) in [4.78, 5) is 21.0. The van der Waals surface area contributed by atoms with Crippen LogP contribution in [0.1, 0.15) is 5.69 Å². The summed E-state index contributed by atoms with van der Waals surface area (Å²) in [6, 6.07) is 11.6. The molecule has 0 unspecified atom stereocenters. The van der Waals surface area contributed by atoms with Crippen LogP contribution in [-0.2, 0) is 6.54 Å². The van der Waals surface area contributed by atoms with Crippen molar-refractivity contribution in [2.24, 2.45) is 0 Å². The molecule has 1 N–H and O–H groups in total. The quantitative estimate of drug-likeness (QED) is 0.788. The lowest BCUT2D eigenvalue weighted by Crippen LogP contribution is -2.49. The van der Waals surface area contributed by atoms with Crippen molar-refractivity contribution in [2.45, 2.75) is 6.54 Å². The van der Waals surface area contributed by atoms with Gasteiger partial charge in [0.2, 0.25) is 0 Å². The van der Waals surface area contributed by atoms with Crippen LogP contribution in [0.2, 0.25) is 0 Å². The number of hydrogen-bond donors (Lipinski definition) is 1. The summed E-state index contributed by atoms with van der Waals surface area (Å²) in [5.74, 6) is -0.316. The lowest BCUT2D eigenvalue weighted by atomic mass is 10.3. The fraction of sp³-hybridized carbons (Fsp3) is 0.263. The second-order valence-corrected chi connectivity index (χ2v) is 6.40. The number of hydrogen-bond acceptors (Lipinski definition) is 3. The maximum atomic E-state index is 12.9. The minimum absolute atomic E-state index is 0.149. The van der Waals surface area contributed by atoms with Gasteiger partial charge in [-0.15, -0.1) is 0 Å². The van der Waals surface area contributed by atoms with E-state index in [2.05, 4.69) is 15.2 Å². The van der Waals surface area contributed by atoms with Gasteiger partial charge in [0, 0.05) is 50.8 Å². The molecule has 7 heteroatoms. The highest BCUT2D eigenvalue weighted by molar-refractivity contribution is 5.89. The molecule has 1 aliphatic rings. The van der Waals surface area contributed by atoms with E-state index in [0.717, 1.165) is 31.0 Å². The van der Waals surface area contributed by atoms with Crippen LogP contribution in [0.4, 0.5) is 14.9 Å². The molecule has 0 aliphatic carbocycles. The normalized spacial score (nSPS) is 15.3. The number of nitrogens with zero attached hydrogens (tertiary/aromatic N) is 4. The predicted molar refractivity (Wildman–Crippen MR) is 97.5 cm³/mol. The molecule has 0 saturated carbocycles. The molecule has 3 heterocycles. The zero-order chi connectivity index (χ0) is 17.9. The zero-order valence-corrected chi connectivity index (χ0v) is 14.3. The summed E-state index contributed by atoms with van der Waals surface area (Å²) in [7, 11) is 0. The molecule has 1 aromatic carbocycles. The SMILES string of the molecule is O=C(Nc1ccc(F)cc1)N1CCN(Cc2cn3ccccc3n2)CC1. The van der Waals surface area contributed by atoms with Gasteiger partial charge in [-0.3, -0.25) is 4.90 Å². The van der Waals surface area contributed by atoms with Gasteiger partial charge >= 0.3 is 6.03 Å². The molecular formula is C19H20FN5O. The minimum Gasteiger partial charge on any atom is -0.322 e. The molecule has 1 fully saturated rings. The van der Waals surface area contributed by atoms with Crippen molar-refractivity contribution in [3.05, 3.63) is 66.4 Å². The number of aromatic nitrogens is 2. The molecule has 0 bridgehead atoms. The van der Waals surface area contributed by atoms with Crippen LogP contribution >= 0.6 is 0 Å². The van der Waals surface area contributed by atoms with E-state index >= 15 is 0 Å². The van der Waals surface area contributed by atoms with Gasteiger partial charge in [0.15, 0.2) is 0 Å². The van der Waals surface area contributed by atoms with Gasteiger partial charge in [-0.2, -0.15) is 0 Å². The van der Waals surface area contributed by atoms with Crippen molar-refractivity contribution >= 4 is 17.4 Å². The molecule has 1 aliphatic heterocycles. The number of anilines is 1. The van der Waals surface area contributed by atoms with Crippen molar-refractivity contribution in [3.8, 4) is 0 Å². The van der Waals surface area contributed by atoms with Crippen molar-refractivity contribution in [3.63, 3.8) is 0 Å². The number of urea groups is 1. The highest BCUT2D eigenvalue weighted by Gasteiger charge is 2.21.